The molecule has 4 fully saturated rings. The molecule has 0 spiro atoms. The van der Waals surface area contributed by atoms with Crippen LogP contribution in [-0.4, -0.2) is 28.9 Å². The topological polar surface area (TPSA) is 98.1 Å². The van der Waals surface area contributed by atoms with E-state index in [9.17, 15) is 14.9 Å². The Hall–Kier alpha value is -2.63. The predicted octanol–water partition coefficient (Wildman–Crippen LogP) is 6.14. The fourth-order valence-corrected chi connectivity index (χ4v) is 7.77. The number of thiophene rings is 1. The predicted molar refractivity (Wildman–Crippen MR) is 147 cm³/mol. The second-order valence-electron chi connectivity index (χ2n) is 11.2. The van der Waals surface area contributed by atoms with Gasteiger partial charge in [-0.3, -0.25) is 19.5 Å². The van der Waals surface area contributed by atoms with Gasteiger partial charge in [-0.15, -0.1) is 11.3 Å². The highest BCUT2D eigenvalue weighted by atomic mass is 35.5. The summed E-state index contributed by atoms with van der Waals surface area (Å²) >= 11 is 7.71. The van der Waals surface area contributed by atoms with E-state index in [-0.39, 0.29) is 22.9 Å². The van der Waals surface area contributed by atoms with Crippen LogP contribution < -0.4 is 15.5 Å². The molecule has 2 N–H and O–H groups in total. The summed E-state index contributed by atoms with van der Waals surface area (Å²) in [6.45, 7) is 4.05. The highest BCUT2D eigenvalue weighted by Gasteiger charge is 2.69. The third-order valence-electron chi connectivity index (χ3n) is 8.44. The minimum atomic E-state index is -0.549. The standard InChI is InChI=1S/C28H34ClN5O2S/c1-3-21(32-22-11-20(29)12-31-18(22)2)24-8-9-25(37-24)34(17-35)23(10-19-6-4-5-7-19)26(36)33-28-13-27(14-28,15-28)16-30/h8-9,11-12,17,19,21,23,32H,3-7,10,13-15H2,1-2H3,(H,33,36)/t21-,23-,27?,28?/m0/s1. The first-order valence-corrected chi connectivity index (χ1v) is 14.4. The summed E-state index contributed by atoms with van der Waals surface area (Å²) in [4.78, 5) is 33.1. The molecule has 4 aliphatic carbocycles. The second kappa shape index (κ2) is 10.3. The Morgan fingerprint density at radius 1 is 1.35 bits per heavy atom. The minimum Gasteiger partial charge on any atom is -0.376 e. The molecule has 2 amide bonds. The van der Waals surface area contributed by atoms with Crippen molar-refractivity contribution in [3.05, 3.63) is 40.0 Å². The first-order valence-electron chi connectivity index (χ1n) is 13.2. The average Bonchev–Trinajstić information content (AvgIpc) is 3.53. The molecule has 0 saturated heterocycles. The first-order chi connectivity index (χ1) is 17.8. The fraction of sp³-hybridized carbons (Fsp3) is 0.571. The number of nitrogens with zero attached hydrogens (tertiary/aromatic N) is 3. The Morgan fingerprint density at radius 2 is 2.08 bits per heavy atom. The number of nitriles is 1. The van der Waals surface area contributed by atoms with Crippen LogP contribution in [0.15, 0.2) is 24.4 Å². The van der Waals surface area contributed by atoms with Gasteiger partial charge in [0, 0.05) is 16.6 Å². The zero-order valence-electron chi connectivity index (χ0n) is 21.4. The molecule has 0 unspecified atom stereocenters. The molecule has 7 nitrogen and oxygen atoms in total. The number of carbonyl (C=O) groups is 2. The maximum Gasteiger partial charge on any atom is 0.243 e. The molecule has 2 aromatic heterocycles. The van der Waals surface area contributed by atoms with Gasteiger partial charge in [0.1, 0.15) is 6.04 Å². The number of carbonyl (C=O) groups excluding carboxylic acids is 2. The number of halogens is 1. The van der Waals surface area contributed by atoms with Crippen molar-refractivity contribution in [2.75, 3.05) is 10.2 Å². The SMILES string of the molecule is CC[C@H](Nc1cc(Cl)cnc1C)c1ccc(N(C=O)[C@@H](CC2CCCC2)C(=O)NC23CC(C#N)(C2)C3)s1. The van der Waals surface area contributed by atoms with Gasteiger partial charge in [0.05, 0.1) is 38.9 Å². The largest absolute Gasteiger partial charge is 0.376 e. The molecular formula is C28H34ClN5O2S. The van der Waals surface area contributed by atoms with Gasteiger partial charge in [0.25, 0.3) is 0 Å². The number of nitrogens with one attached hydrogen (secondary N) is 2. The Balaban J connectivity index is 1.34. The Labute approximate surface area is 227 Å². The van der Waals surface area contributed by atoms with Gasteiger partial charge < -0.3 is 10.6 Å². The normalized spacial score (nSPS) is 25.8. The minimum absolute atomic E-state index is 0.0243. The van der Waals surface area contributed by atoms with Crippen molar-refractivity contribution in [2.45, 2.75) is 89.3 Å². The molecule has 2 heterocycles. The lowest BCUT2D eigenvalue weighted by Crippen LogP contribution is -2.75. The number of rotatable bonds is 11. The molecule has 0 radical (unpaired) electrons. The fourth-order valence-electron chi connectivity index (χ4n) is 6.46. The van der Waals surface area contributed by atoms with Crippen LogP contribution >= 0.6 is 22.9 Å². The van der Waals surface area contributed by atoms with Crippen LogP contribution in [0, 0.1) is 29.6 Å². The van der Waals surface area contributed by atoms with Crippen LogP contribution in [0.5, 0.6) is 0 Å². The van der Waals surface area contributed by atoms with E-state index in [1.165, 1.54) is 24.2 Å². The lowest BCUT2D eigenvalue weighted by molar-refractivity contribution is -0.146. The van der Waals surface area contributed by atoms with Gasteiger partial charge in [-0.1, -0.05) is 44.2 Å². The Kier molecular flexibility index (Phi) is 7.21. The molecule has 0 aromatic carbocycles. The van der Waals surface area contributed by atoms with Gasteiger partial charge in [0.2, 0.25) is 12.3 Å². The summed E-state index contributed by atoms with van der Waals surface area (Å²) < 4.78 is 0. The van der Waals surface area contributed by atoms with Crippen LogP contribution in [0.3, 0.4) is 0 Å². The van der Waals surface area contributed by atoms with E-state index in [4.69, 9.17) is 11.6 Å². The van der Waals surface area contributed by atoms with Gasteiger partial charge >= 0.3 is 0 Å². The number of amides is 2. The summed E-state index contributed by atoms with van der Waals surface area (Å²) in [5.74, 6) is 0.352. The third-order valence-corrected chi connectivity index (χ3v) is 9.86. The van der Waals surface area contributed by atoms with Crippen LogP contribution in [0.1, 0.15) is 81.3 Å². The molecule has 0 aliphatic heterocycles. The highest BCUT2D eigenvalue weighted by Crippen LogP contribution is 2.66. The van der Waals surface area contributed by atoms with Crippen LogP contribution in [-0.2, 0) is 9.59 Å². The van der Waals surface area contributed by atoms with E-state index >= 15 is 0 Å². The number of pyridine rings is 1. The van der Waals surface area contributed by atoms with Crippen molar-refractivity contribution in [3.8, 4) is 6.07 Å². The highest BCUT2D eigenvalue weighted by molar-refractivity contribution is 7.16. The van der Waals surface area contributed by atoms with Crippen molar-refractivity contribution in [1.82, 2.24) is 10.3 Å². The molecule has 9 heteroatoms. The molecule has 2 atom stereocenters. The molecular weight excluding hydrogens is 506 g/mol. The quantitative estimate of drug-likeness (QED) is 0.334. The summed E-state index contributed by atoms with van der Waals surface area (Å²) in [7, 11) is 0. The Morgan fingerprint density at radius 3 is 2.73 bits per heavy atom. The maximum absolute atomic E-state index is 13.6. The van der Waals surface area contributed by atoms with Gasteiger partial charge in [-0.25, -0.2) is 0 Å². The molecule has 4 saturated carbocycles. The third kappa shape index (κ3) is 5.08. The zero-order valence-corrected chi connectivity index (χ0v) is 23.0. The van der Waals surface area contributed by atoms with E-state index in [1.54, 1.807) is 11.1 Å². The van der Waals surface area contributed by atoms with Crippen molar-refractivity contribution in [3.63, 3.8) is 0 Å². The smallest absolute Gasteiger partial charge is 0.243 e. The molecule has 6 rings (SSSR count). The molecule has 37 heavy (non-hydrogen) atoms. The van der Waals surface area contributed by atoms with Crippen LogP contribution in [0.2, 0.25) is 5.02 Å². The summed E-state index contributed by atoms with van der Waals surface area (Å²) in [6.07, 6.45) is 10.7. The number of aryl methyl sites for hydroxylation is 1. The lowest BCUT2D eigenvalue weighted by Gasteiger charge is -2.67. The number of hydrogen-bond acceptors (Lipinski definition) is 6. The van der Waals surface area contributed by atoms with Crippen molar-refractivity contribution >= 4 is 45.9 Å². The average molecular weight is 540 g/mol. The zero-order chi connectivity index (χ0) is 26.2. The van der Waals surface area contributed by atoms with E-state index in [2.05, 4.69) is 28.6 Å². The molecule has 196 valence electrons. The lowest BCUT2D eigenvalue weighted by atomic mass is 9.40. The maximum atomic E-state index is 13.6. The molecule has 2 bridgehead atoms. The van der Waals surface area contributed by atoms with Gasteiger partial charge in [-0.2, -0.15) is 5.26 Å². The van der Waals surface area contributed by atoms with E-state index in [0.717, 1.165) is 66.2 Å². The van der Waals surface area contributed by atoms with E-state index < -0.39 is 6.04 Å². The summed E-state index contributed by atoms with van der Waals surface area (Å²) in [6, 6.07) is 7.73. The Bertz CT molecular complexity index is 1200. The van der Waals surface area contributed by atoms with Gasteiger partial charge in [0.15, 0.2) is 0 Å². The monoisotopic (exact) mass is 539 g/mol. The van der Waals surface area contributed by atoms with Crippen molar-refractivity contribution in [2.24, 2.45) is 11.3 Å². The van der Waals surface area contributed by atoms with Crippen molar-refractivity contribution in [1.29, 1.82) is 5.26 Å². The van der Waals surface area contributed by atoms with E-state index in [1.807, 2.05) is 25.1 Å². The van der Waals surface area contributed by atoms with E-state index in [0.29, 0.717) is 17.4 Å². The van der Waals surface area contributed by atoms with Crippen molar-refractivity contribution < 1.29 is 9.59 Å². The van der Waals surface area contributed by atoms with Gasteiger partial charge in [-0.05, 0) is 63.1 Å². The second-order valence-corrected chi connectivity index (χ2v) is 12.7. The number of anilines is 2. The van der Waals surface area contributed by atoms with Crippen LogP contribution in [0.25, 0.3) is 0 Å². The number of aromatic nitrogens is 1. The number of hydrogen-bond donors (Lipinski definition) is 2. The molecule has 2 aromatic rings. The molecule has 4 aliphatic rings. The summed E-state index contributed by atoms with van der Waals surface area (Å²) in [5, 5.41) is 17.5. The van der Waals surface area contributed by atoms with Crippen LogP contribution in [0.4, 0.5) is 10.7 Å². The summed E-state index contributed by atoms with van der Waals surface area (Å²) in [5.41, 5.74) is 1.26. The first kappa shape index (κ1) is 26.0.